The number of hydrogen-bond donors (Lipinski definition) is 2. The van der Waals surface area contributed by atoms with E-state index in [1.54, 1.807) is 0 Å². The molecule has 1 heterocycles. The molecule has 0 aromatic carbocycles. The Bertz CT molecular complexity index is 354. The third-order valence-corrected chi connectivity index (χ3v) is 5.04. The molecule has 2 N–H and O–H groups in total. The third-order valence-electron chi connectivity index (χ3n) is 3.70. The Balaban J connectivity index is 1.63. The number of likely N-dealkylation sites (tertiary alicyclic amines) is 1. The van der Waals surface area contributed by atoms with Crippen LogP contribution >= 0.6 is 0 Å². The molecule has 5 nitrogen and oxygen atoms in total. The average molecular weight is 275 g/mol. The van der Waals surface area contributed by atoms with Crippen molar-refractivity contribution in [2.24, 2.45) is 5.92 Å². The van der Waals surface area contributed by atoms with E-state index in [1.807, 2.05) is 0 Å². The maximum atomic E-state index is 11.8. The molecule has 2 rings (SSSR count). The lowest BCUT2D eigenvalue weighted by Crippen LogP contribution is -2.40. The topological polar surface area (TPSA) is 61.4 Å². The van der Waals surface area contributed by atoms with Crippen LogP contribution in [0.4, 0.5) is 0 Å². The van der Waals surface area contributed by atoms with Crippen molar-refractivity contribution < 1.29 is 8.42 Å². The number of sulfonamides is 1. The van der Waals surface area contributed by atoms with Crippen molar-refractivity contribution >= 4 is 10.0 Å². The quantitative estimate of drug-likeness (QED) is 0.686. The molecule has 0 amide bonds. The van der Waals surface area contributed by atoms with Crippen LogP contribution in [-0.4, -0.2) is 58.3 Å². The lowest BCUT2D eigenvalue weighted by molar-refractivity contribution is 0.211. The summed E-state index contributed by atoms with van der Waals surface area (Å²) < 4.78 is 26.3. The molecule has 1 saturated heterocycles. The molecule has 1 saturated carbocycles. The molecule has 6 heteroatoms. The van der Waals surface area contributed by atoms with Crippen LogP contribution in [0.15, 0.2) is 0 Å². The van der Waals surface area contributed by atoms with Gasteiger partial charge in [-0.3, -0.25) is 0 Å². The van der Waals surface area contributed by atoms with Crippen LogP contribution in [0, 0.1) is 5.92 Å². The minimum atomic E-state index is -3.10. The lowest BCUT2D eigenvalue weighted by atomic mass is 9.99. The van der Waals surface area contributed by atoms with Gasteiger partial charge in [0.1, 0.15) is 0 Å². The van der Waals surface area contributed by atoms with Crippen LogP contribution in [-0.2, 0) is 10.0 Å². The number of rotatable bonds is 7. The minimum absolute atomic E-state index is 0.200. The first-order valence-corrected chi connectivity index (χ1v) is 8.60. The van der Waals surface area contributed by atoms with Gasteiger partial charge in [0.2, 0.25) is 10.0 Å². The largest absolute Gasteiger partial charge is 0.313 e. The molecule has 0 radical (unpaired) electrons. The molecule has 1 unspecified atom stereocenters. The second kappa shape index (κ2) is 6.32. The summed E-state index contributed by atoms with van der Waals surface area (Å²) in [6, 6.07) is 0.576. The maximum Gasteiger partial charge on any atom is 0.212 e. The Kier molecular flexibility index (Phi) is 5.00. The first-order valence-electron chi connectivity index (χ1n) is 6.94. The normalized spacial score (nSPS) is 26.4. The van der Waals surface area contributed by atoms with Gasteiger partial charge in [-0.2, -0.15) is 0 Å². The standard InChI is InChI=1S/C12H25N3O2S/c1-15-7-2-3-11(10-15)9-14-18(16,17)8-6-13-12-4-5-12/h11-14H,2-10H2,1H3. The predicted molar refractivity (Wildman–Crippen MR) is 73.0 cm³/mol. The fourth-order valence-corrected chi connectivity index (χ4v) is 3.46. The molecule has 0 spiro atoms. The van der Waals surface area contributed by atoms with Gasteiger partial charge in [0.25, 0.3) is 0 Å². The zero-order valence-electron chi connectivity index (χ0n) is 11.2. The molecule has 1 aliphatic carbocycles. The summed E-state index contributed by atoms with van der Waals surface area (Å²) in [6.07, 6.45) is 4.70. The molecule has 0 bridgehead atoms. The van der Waals surface area contributed by atoms with E-state index >= 15 is 0 Å². The van der Waals surface area contributed by atoms with Crippen LogP contribution in [0.5, 0.6) is 0 Å². The van der Waals surface area contributed by atoms with Crippen LogP contribution < -0.4 is 10.0 Å². The van der Waals surface area contributed by atoms with E-state index < -0.39 is 10.0 Å². The lowest BCUT2D eigenvalue weighted by Gasteiger charge is -2.29. The van der Waals surface area contributed by atoms with Gasteiger partial charge in [-0.15, -0.1) is 0 Å². The molecule has 0 aromatic heterocycles. The third kappa shape index (κ3) is 5.22. The zero-order valence-corrected chi connectivity index (χ0v) is 12.0. The van der Waals surface area contributed by atoms with E-state index in [2.05, 4.69) is 22.0 Å². The summed E-state index contributed by atoms with van der Waals surface area (Å²) in [5.41, 5.74) is 0. The molecule has 1 atom stereocenters. The summed E-state index contributed by atoms with van der Waals surface area (Å²) in [5, 5.41) is 3.23. The van der Waals surface area contributed by atoms with Crippen molar-refractivity contribution in [1.82, 2.24) is 14.9 Å². The van der Waals surface area contributed by atoms with Crippen molar-refractivity contribution in [3.8, 4) is 0 Å². The van der Waals surface area contributed by atoms with E-state index in [0.29, 0.717) is 25.0 Å². The highest BCUT2D eigenvalue weighted by molar-refractivity contribution is 7.89. The molecule has 2 fully saturated rings. The highest BCUT2D eigenvalue weighted by atomic mass is 32.2. The van der Waals surface area contributed by atoms with Gasteiger partial charge in [-0.05, 0) is 45.2 Å². The fourth-order valence-electron chi connectivity index (χ4n) is 2.44. The molecule has 1 aliphatic heterocycles. The van der Waals surface area contributed by atoms with Gasteiger partial charge in [-0.25, -0.2) is 13.1 Å². The zero-order chi connectivity index (χ0) is 13.0. The first-order chi connectivity index (χ1) is 8.55. The Labute approximate surface area is 110 Å². The SMILES string of the molecule is CN1CCCC(CNS(=O)(=O)CCNC2CC2)C1. The first kappa shape index (κ1) is 14.2. The van der Waals surface area contributed by atoms with E-state index in [9.17, 15) is 8.42 Å². The van der Waals surface area contributed by atoms with Gasteiger partial charge < -0.3 is 10.2 Å². The smallest absolute Gasteiger partial charge is 0.212 e. The Hall–Kier alpha value is -0.170. The van der Waals surface area contributed by atoms with E-state index in [0.717, 1.165) is 19.5 Å². The van der Waals surface area contributed by atoms with Gasteiger partial charge in [-0.1, -0.05) is 0 Å². The van der Waals surface area contributed by atoms with Gasteiger partial charge in [0, 0.05) is 25.7 Å². The number of nitrogens with zero attached hydrogens (tertiary/aromatic N) is 1. The van der Waals surface area contributed by atoms with E-state index in [-0.39, 0.29) is 5.75 Å². The Morgan fingerprint density at radius 3 is 2.72 bits per heavy atom. The highest BCUT2D eigenvalue weighted by Crippen LogP contribution is 2.18. The van der Waals surface area contributed by atoms with Crippen LogP contribution in [0.25, 0.3) is 0 Å². The monoisotopic (exact) mass is 275 g/mol. The fraction of sp³-hybridized carbons (Fsp3) is 1.00. The van der Waals surface area contributed by atoms with Gasteiger partial charge in [0.15, 0.2) is 0 Å². The second-order valence-corrected chi connectivity index (χ2v) is 7.59. The molecule has 2 aliphatic rings. The predicted octanol–water partition coefficient (Wildman–Crippen LogP) is -0.000400. The Morgan fingerprint density at radius 2 is 2.06 bits per heavy atom. The van der Waals surface area contributed by atoms with Crippen LogP contribution in [0.3, 0.4) is 0 Å². The molecule has 18 heavy (non-hydrogen) atoms. The maximum absolute atomic E-state index is 11.8. The summed E-state index contributed by atoms with van der Waals surface area (Å²) >= 11 is 0. The van der Waals surface area contributed by atoms with Crippen molar-refractivity contribution in [2.75, 3.05) is 39.0 Å². The van der Waals surface area contributed by atoms with E-state index in [4.69, 9.17) is 0 Å². The molecular weight excluding hydrogens is 250 g/mol. The van der Waals surface area contributed by atoms with Gasteiger partial charge >= 0.3 is 0 Å². The van der Waals surface area contributed by atoms with Crippen LogP contribution in [0.1, 0.15) is 25.7 Å². The van der Waals surface area contributed by atoms with Crippen LogP contribution in [0.2, 0.25) is 0 Å². The van der Waals surface area contributed by atoms with Crippen molar-refractivity contribution in [3.05, 3.63) is 0 Å². The molecule has 0 aromatic rings. The number of piperidine rings is 1. The Morgan fingerprint density at radius 1 is 1.28 bits per heavy atom. The summed E-state index contributed by atoms with van der Waals surface area (Å²) in [5.74, 6) is 0.668. The summed E-state index contributed by atoms with van der Waals surface area (Å²) in [6.45, 7) is 3.30. The van der Waals surface area contributed by atoms with Crippen molar-refractivity contribution in [2.45, 2.75) is 31.7 Å². The average Bonchev–Trinajstić information content (AvgIpc) is 3.11. The minimum Gasteiger partial charge on any atom is -0.313 e. The summed E-state index contributed by atoms with van der Waals surface area (Å²) in [7, 11) is -1.000. The van der Waals surface area contributed by atoms with Gasteiger partial charge in [0.05, 0.1) is 5.75 Å². The number of hydrogen-bond acceptors (Lipinski definition) is 4. The van der Waals surface area contributed by atoms with E-state index in [1.165, 1.54) is 19.3 Å². The summed E-state index contributed by atoms with van der Waals surface area (Å²) in [4.78, 5) is 2.27. The number of nitrogens with one attached hydrogen (secondary N) is 2. The van der Waals surface area contributed by atoms with Crippen molar-refractivity contribution in [3.63, 3.8) is 0 Å². The molecule has 106 valence electrons. The molecular formula is C12H25N3O2S. The highest BCUT2D eigenvalue weighted by Gasteiger charge is 2.22. The second-order valence-electron chi connectivity index (χ2n) is 5.67. The van der Waals surface area contributed by atoms with Crippen molar-refractivity contribution in [1.29, 1.82) is 0 Å².